The van der Waals surface area contributed by atoms with E-state index in [0.717, 1.165) is 5.56 Å². The molecular weight excluding hydrogens is 484 g/mol. The minimum atomic E-state index is -1.13. The van der Waals surface area contributed by atoms with Crippen LogP contribution < -0.4 is 0 Å². The summed E-state index contributed by atoms with van der Waals surface area (Å²) in [5, 5.41) is 9.37. The normalized spacial score (nSPS) is 31.2. The third kappa shape index (κ3) is 4.69. The molecule has 3 aliphatic heterocycles. The summed E-state index contributed by atoms with van der Waals surface area (Å²) in [5.74, 6) is -2.59. The van der Waals surface area contributed by atoms with Gasteiger partial charge in [-0.2, -0.15) is 0 Å². The van der Waals surface area contributed by atoms with Crippen molar-refractivity contribution in [3.8, 4) is 0 Å². The second-order valence-corrected chi connectivity index (χ2v) is 10.9. The lowest BCUT2D eigenvalue weighted by atomic mass is 9.62. The molecule has 206 valence electrons. The smallest absolute Gasteiger partial charge is 0.312 e. The van der Waals surface area contributed by atoms with Crippen LogP contribution in [0.3, 0.4) is 0 Å². The van der Waals surface area contributed by atoms with E-state index in [1.165, 1.54) is 0 Å². The molecule has 4 rings (SSSR count). The van der Waals surface area contributed by atoms with Gasteiger partial charge in [-0.15, -0.1) is 13.2 Å². The molecule has 3 heterocycles. The van der Waals surface area contributed by atoms with E-state index < -0.39 is 35.0 Å². The van der Waals surface area contributed by atoms with Gasteiger partial charge in [0.2, 0.25) is 11.8 Å². The molecule has 0 aliphatic carbocycles. The Bertz CT molecular complexity index is 1060. The van der Waals surface area contributed by atoms with Crippen LogP contribution in [0, 0.1) is 17.8 Å². The van der Waals surface area contributed by atoms with Crippen molar-refractivity contribution in [2.24, 2.45) is 17.8 Å². The molecule has 3 fully saturated rings. The molecular formula is C30H40N2O6. The van der Waals surface area contributed by atoms with Gasteiger partial charge in [-0.05, 0) is 44.1 Å². The van der Waals surface area contributed by atoms with Crippen LogP contribution in [-0.2, 0) is 30.4 Å². The summed E-state index contributed by atoms with van der Waals surface area (Å²) < 4.78 is 12.3. The second-order valence-electron chi connectivity index (χ2n) is 10.9. The van der Waals surface area contributed by atoms with Crippen molar-refractivity contribution < 1.29 is 29.0 Å². The number of rotatable bonds is 13. The first-order valence-corrected chi connectivity index (χ1v) is 13.6. The van der Waals surface area contributed by atoms with Gasteiger partial charge in [-0.3, -0.25) is 14.4 Å². The number of fused-ring (bicyclic) bond motifs is 1. The number of carbonyl (C=O) groups excluding carboxylic acids is 3. The number of aliphatic hydroxyl groups excluding tert-OH is 1. The highest BCUT2D eigenvalue weighted by atomic mass is 16.6. The quantitative estimate of drug-likeness (QED) is 0.242. The van der Waals surface area contributed by atoms with Gasteiger partial charge in [-0.25, -0.2) is 0 Å². The Hall–Kier alpha value is -2.97. The van der Waals surface area contributed by atoms with E-state index in [0.29, 0.717) is 45.3 Å². The molecule has 3 saturated heterocycles. The van der Waals surface area contributed by atoms with Crippen LogP contribution >= 0.6 is 0 Å². The van der Waals surface area contributed by atoms with Crippen molar-refractivity contribution >= 4 is 17.8 Å². The number of unbranched alkanes of at least 4 members (excludes halogenated alkanes) is 1. The molecule has 3 aliphatic rings. The second kappa shape index (κ2) is 11.4. The number of carbonyl (C=O) groups is 3. The number of benzene rings is 1. The van der Waals surface area contributed by atoms with Crippen LogP contribution in [0.25, 0.3) is 0 Å². The van der Waals surface area contributed by atoms with Gasteiger partial charge in [0.25, 0.3) is 0 Å². The van der Waals surface area contributed by atoms with Crippen molar-refractivity contribution in [3.05, 3.63) is 61.2 Å². The molecule has 2 bridgehead atoms. The Balaban J connectivity index is 1.73. The molecule has 0 aromatic heterocycles. The van der Waals surface area contributed by atoms with Crippen LogP contribution in [-0.4, -0.2) is 76.2 Å². The lowest BCUT2D eigenvalue weighted by Gasteiger charge is -2.37. The maximum Gasteiger partial charge on any atom is 0.312 e. The average molecular weight is 525 g/mol. The van der Waals surface area contributed by atoms with Crippen molar-refractivity contribution in [2.45, 2.75) is 63.3 Å². The molecule has 1 N–H and O–H groups in total. The molecule has 8 heteroatoms. The van der Waals surface area contributed by atoms with Crippen molar-refractivity contribution in [3.63, 3.8) is 0 Å². The summed E-state index contributed by atoms with van der Waals surface area (Å²) in [7, 11) is 0. The van der Waals surface area contributed by atoms with Crippen LogP contribution in [0.1, 0.15) is 45.1 Å². The summed E-state index contributed by atoms with van der Waals surface area (Å²) in [4.78, 5) is 45.2. The lowest BCUT2D eigenvalue weighted by molar-refractivity contribution is -0.162. The monoisotopic (exact) mass is 524 g/mol. The van der Waals surface area contributed by atoms with E-state index in [9.17, 15) is 19.5 Å². The maximum atomic E-state index is 14.4. The van der Waals surface area contributed by atoms with E-state index in [1.54, 1.807) is 22.0 Å². The summed E-state index contributed by atoms with van der Waals surface area (Å²) in [6.45, 7) is 12.6. The SMILES string of the molecule is C=CCCOC(=O)[C@H]1[C@H]2C(=O)N(CCCCO)C(C(=O)N(CC=C)Cc3ccccc3)C23CC(C)[C@]1(C)O3. The Morgan fingerprint density at radius 1 is 1.24 bits per heavy atom. The van der Waals surface area contributed by atoms with Gasteiger partial charge in [0, 0.05) is 26.2 Å². The zero-order valence-corrected chi connectivity index (χ0v) is 22.5. The van der Waals surface area contributed by atoms with E-state index in [2.05, 4.69) is 13.2 Å². The molecule has 6 atom stereocenters. The minimum Gasteiger partial charge on any atom is -0.465 e. The van der Waals surface area contributed by atoms with E-state index in [4.69, 9.17) is 9.47 Å². The number of ether oxygens (including phenoxy) is 2. The Kier molecular flexibility index (Phi) is 8.43. The Labute approximate surface area is 225 Å². The molecule has 1 aromatic rings. The van der Waals surface area contributed by atoms with Crippen LogP contribution in [0.2, 0.25) is 0 Å². The summed E-state index contributed by atoms with van der Waals surface area (Å²) in [6.07, 6.45) is 5.41. The summed E-state index contributed by atoms with van der Waals surface area (Å²) in [6, 6.07) is 8.81. The maximum absolute atomic E-state index is 14.4. The van der Waals surface area contributed by atoms with E-state index in [-0.39, 0.29) is 30.9 Å². The molecule has 3 unspecified atom stereocenters. The number of likely N-dealkylation sites (tertiary alicyclic amines) is 1. The van der Waals surface area contributed by atoms with Crippen LogP contribution in [0.5, 0.6) is 0 Å². The fourth-order valence-electron chi connectivity index (χ4n) is 6.71. The summed E-state index contributed by atoms with van der Waals surface area (Å²) >= 11 is 0. The number of amides is 2. The summed E-state index contributed by atoms with van der Waals surface area (Å²) in [5.41, 5.74) is -1.07. The van der Waals surface area contributed by atoms with E-state index in [1.807, 2.05) is 44.2 Å². The Morgan fingerprint density at radius 3 is 2.63 bits per heavy atom. The number of hydrogen-bond acceptors (Lipinski definition) is 6. The number of esters is 1. The molecule has 38 heavy (non-hydrogen) atoms. The predicted molar refractivity (Wildman–Crippen MR) is 143 cm³/mol. The first-order valence-electron chi connectivity index (χ1n) is 13.6. The molecule has 1 spiro atoms. The highest BCUT2D eigenvalue weighted by Crippen LogP contribution is 2.65. The van der Waals surface area contributed by atoms with Crippen molar-refractivity contribution in [2.75, 3.05) is 26.3 Å². The van der Waals surface area contributed by atoms with Crippen molar-refractivity contribution in [1.82, 2.24) is 9.80 Å². The highest BCUT2D eigenvalue weighted by molar-refractivity contribution is 5.98. The molecule has 0 radical (unpaired) electrons. The lowest BCUT2D eigenvalue weighted by Crippen LogP contribution is -2.56. The fourth-order valence-corrected chi connectivity index (χ4v) is 6.71. The number of hydrogen-bond donors (Lipinski definition) is 1. The van der Waals surface area contributed by atoms with Gasteiger partial charge in [0.15, 0.2) is 0 Å². The van der Waals surface area contributed by atoms with Gasteiger partial charge in [0.05, 0.1) is 18.1 Å². The fraction of sp³-hybridized carbons (Fsp3) is 0.567. The van der Waals surface area contributed by atoms with Crippen LogP contribution in [0.15, 0.2) is 55.6 Å². The number of aliphatic hydroxyl groups is 1. The van der Waals surface area contributed by atoms with Crippen LogP contribution in [0.4, 0.5) is 0 Å². The average Bonchev–Trinajstić information content (AvgIpc) is 3.41. The topological polar surface area (TPSA) is 96.4 Å². The molecule has 0 saturated carbocycles. The third-order valence-corrected chi connectivity index (χ3v) is 8.55. The van der Waals surface area contributed by atoms with Gasteiger partial charge in [0.1, 0.15) is 17.6 Å². The highest BCUT2D eigenvalue weighted by Gasteiger charge is 2.80. The van der Waals surface area contributed by atoms with Gasteiger partial charge < -0.3 is 24.4 Å². The van der Waals surface area contributed by atoms with Crippen molar-refractivity contribution in [1.29, 1.82) is 0 Å². The zero-order chi connectivity index (χ0) is 27.5. The molecule has 8 nitrogen and oxygen atoms in total. The van der Waals surface area contributed by atoms with Gasteiger partial charge in [-0.1, -0.05) is 49.4 Å². The van der Waals surface area contributed by atoms with Gasteiger partial charge >= 0.3 is 5.97 Å². The standard InChI is InChI=1S/C30H40N2O6/c1-5-7-18-37-28(36)24-23-26(34)32(16-11-12-17-33)25(30(23)19-21(3)29(24,4)38-30)27(35)31(15-6-2)20-22-13-9-8-10-14-22/h5-6,8-10,13-14,21,23-25,33H,1-2,7,11-12,15-20H2,3-4H3/t21?,23-,24+,25?,29-,30?/m0/s1. The molecule has 2 amide bonds. The number of nitrogens with zero attached hydrogens (tertiary/aromatic N) is 2. The predicted octanol–water partition coefficient (Wildman–Crippen LogP) is 3.10. The minimum absolute atomic E-state index is 0.00429. The first-order chi connectivity index (χ1) is 18.2. The zero-order valence-electron chi connectivity index (χ0n) is 22.5. The largest absolute Gasteiger partial charge is 0.465 e. The first kappa shape index (κ1) is 28.0. The third-order valence-electron chi connectivity index (χ3n) is 8.55. The van der Waals surface area contributed by atoms with E-state index >= 15 is 0 Å². The molecule has 1 aromatic carbocycles. The Morgan fingerprint density at radius 2 is 1.97 bits per heavy atom.